The second-order valence-corrected chi connectivity index (χ2v) is 8.28. The van der Waals surface area contributed by atoms with Gasteiger partial charge in [-0.15, -0.1) is 0 Å². The van der Waals surface area contributed by atoms with Crippen LogP contribution in [0, 0.1) is 6.92 Å². The number of hydrogen-bond acceptors (Lipinski definition) is 4. The van der Waals surface area contributed by atoms with Gasteiger partial charge in [0.1, 0.15) is 11.4 Å². The van der Waals surface area contributed by atoms with Crippen LogP contribution in [0.5, 0.6) is 5.75 Å². The summed E-state index contributed by atoms with van der Waals surface area (Å²) in [6.45, 7) is 2.14. The molecule has 162 valence electrons. The molecule has 1 N–H and O–H groups in total. The van der Waals surface area contributed by atoms with E-state index < -0.39 is 5.91 Å². The zero-order valence-corrected chi connectivity index (χ0v) is 19.0. The lowest BCUT2D eigenvalue weighted by Crippen LogP contribution is -2.32. The van der Waals surface area contributed by atoms with Crippen molar-refractivity contribution in [1.82, 2.24) is 4.90 Å². The minimum atomic E-state index is -0.428. The number of halogens is 2. The van der Waals surface area contributed by atoms with Crippen molar-refractivity contribution in [3.05, 3.63) is 99.2 Å². The smallest absolute Gasteiger partial charge is 0.278 e. The van der Waals surface area contributed by atoms with Crippen molar-refractivity contribution in [1.29, 1.82) is 0 Å². The number of imide groups is 1. The van der Waals surface area contributed by atoms with Gasteiger partial charge < -0.3 is 10.1 Å². The Balaban J connectivity index is 1.77. The Hall–Kier alpha value is -3.28. The minimum absolute atomic E-state index is 0.157. The molecule has 1 aliphatic rings. The molecule has 7 heteroatoms. The number of aryl methyl sites for hydroxylation is 1. The van der Waals surface area contributed by atoms with E-state index in [0.29, 0.717) is 27.0 Å². The average molecular weight is 467 g/mol. The molecule has 3 aromatic rings. The summed E-state index contributed by atoms with van der Waals surface area (Å²) in [5, 5.41) is 4.10. The van der Waals surface area contributed by atoms with Gasteiger partial charge in [0.25, 0.3) is 11.8 Å². The lowest BCUT2D eigenvalue weighted by atomic mass is 10.0. The molecule has 0 unspecified atom stereocenters. The highest BCUT2D eigenvalue weighted by molar-refractivity contribution is 6.37. The fourth-order valence-corrected chi connectivity index (χ4v) is 3.81. The van der Waals surface area contributed by atoms with E-state index in [-0.39, 0.29) is 23.7 Å². The number of carbonyl (C=O) groups excluding carboxylic acids is 2. The second kappa shape index (κ2) is 9.07. The van der Waals surface area contributed by atoms with Crippen LogP contribution in [0.25, 0.3) is 5.57 Å². The van der Waals surface area contributed by atoms with Gasteiger partial charge in [0.2, 0.25) is 0 Å². The van der Waals surface area contributed by atoms with E-state index in [1.54, 1.807) is 42.5 Å². The van der Waals surface area contributed by atoms with Crippen molar-refractivity contribution in [2.24, 2.45) is 0 Å². The van der Waals surface area contributed by atoms with E-state index in [0.717, 1.165) is 11.1 Å². The summed E-state index contributed by atoms with van der Waals surface area (Å²) < 4.78 is 5.39. The zero-order valence-electron chi connectivity index (χ0n) is 17.5. The number of amides is 2. The summed E-state index contributed by atoms with van der Waals surface area (Å²) in [5.41, 5.74) is 3.45. The van der Waals surface area contributed by atoms with Crippen molar-refractivity contribution >= 4 is 46.3 Å². The normalized spacial score (nSPS) is 13.7. The summed E-state index contributed by atoms with van der Waals surface area (Å²) in [6, 6.07) is 19.5. The number of hydrogen-bond donors (Lipinski definition) is 1. The van der Waals surface area contributed by atoms with Crippen molar-refractivity contribution in [3.63, 3.8) is 0 Å². The summed E-state index contributed by atoms with van der Waals surface area (Å²) in [5.74, 6) is -0.321. The van der Waals surface area contributed by atoms with Crippen LogP contribution in [0.4, 0.5) is 5.69 Å². The Morgan fingerprint density at radius 3 is 2.19 bits per heavy atom. The Morgan fingerprint density at radius 2 is 1.53 bits per heavy atom. The molecule has 0 saturated heterocycles. The van der Waals surface area contributed by atoms with Crippen molar-refractivity contribution in [3.8, 4) is 5.75 Å². The van der Waals surface area contributed by atoms with Crippen LogP contribution in [0.3, 0.4) is 0 Å². The maximum atomic E-state index is 13.4. The summed E-state index contributed by atoms with van der Waals surface area (Å²) in [7, 11) is 1.52. The number of benzene rings is 3. The molecule has 4 rings (SSSR count). The van der Waals surface area contributed by atoms with Crippen LogP contribution in [-0.4, -0.2) is 23.8 Å². The predicted molar refractivity (Wildman–Crippen MR) is 127 cm³/mol. The van der Waals surface area contributed by atoms with Crippen molar-refractivity contribution in [2.75, 3.05) is 12.4 Å². The number of rotatable bonds is 6. The maximum Gasteiger partial charge on any atom is 0.278 e. The Bertz CT molecular complexity index is 1220. The van der Waals surface area contributed by atoms with Gasteiger partial charge in [0.15, 0.2) is 0 Å². The molecule has 0 spiro atoms. The third kappa shape index (κ3) is 4.35. The SMILES string of the molecule is COc1ccc(Cl)cc1NC1=C(c2ccc(Cl)cc2)C(=O)N(Cc2ccc(C)cc2)C1=O. The second-order valence-electron chi connectivity index (χ2n) is 7.41. The minimum Gasteiger partial charge on any atom is -0.495 e. The number of ether oxygens (including phenoxy) is 1. The van der Waals surface area contributed by atoms with Gasteiger partial charge in [-0.2, -0.15) is 0 Å². The van der Waals surface area contributed by atoms with Crippen LogP contribution < -0.4 is 10.1 Å². The number of methoxy groups -OCH3 is 1. The molecule has 2 amide bonds. The van der Waals surface area contributed by atoms with Gasteiger partial charge in [-0.3, -0.25) is 14.5 Å². The molecule has 5 nitrogen and oxygen atoms in total. The molecule has 32 heavy (non-hydrogen) atoms. The first kappa shape index (κ1) is 21.9. The first-order chi connectivity index (χ1) is 15.4. The Morgan fingerprint density at radius 1 is 0.875 bits per heavy atom. The van der Waals surface area contributed by atoms with Crippen LogP contribution in [0.2, 0.25) is 10.0 Å². The molecule has 0 aliphatic carbocycles. The topological polar surface area (TPSA) is 58.6 Å². The summed E-state index contributed by atoms with van der Waals surface area (Å²) >= 11 is 12.2. The number of carbonyl (C=O) groups is 2. The van der Waals surface area contributed by atoms with E-state index >= 15 is 0 Å². The van der Waals surface area contributed by atoms with Gasteiger partial charge in [-0.25, -0.2) is 0 Å². The first-order valence-corrected chi connectivity index (χ1v) is 10.7. The molecule has 0 aromatic heterocycles. The predicted octanol–water partition coefficient (Wildman–Crippen LogP) is 5.70. The lowest BCUT2D eigenvalue weighted by molar-refractivity contribution is -0.137. The fraction of sp³-hybridized carbons (Fsp3) is 0.120. The largest absolute Gasteiger partial charge is 0.495 e. The highest BCUT2D eigenvalue weighted by Crippen LogP contribution is 2.35. The standard InChI is InChI=1S/C25H20Cl2N2O3/c1-15-3-5-16(6-4-15)14-29-24(30)22(17-7-9-18(26)10-8-17)23(25(29)31)28-20-13-19(27)11-12-21(20)32-2/h3-13,28H,14H2,1-2H3. The van der Waals surface area contributed by atoms with Crippen LogP contribution in [-0.2, 0) is 16.1 Å². The molecule has 0 bridgehead atoms. The van der Waals surface area contributed by atoms with E-state index in [2.05, 4.69) is 5.32 Å². The number of nitrogens with one attached hydrogen (secondary N) is 1. The molecule has 0 atom stereocenters. The summed E-state index contributed by atoms with van der Waals surface area (Å²) in [6.07, 6.45) is 0. The molecule has 3 aromatic carbocycles. The monoisotopic (exact) mass is 466 g/mol. The van der Waals surface area contributed by atoms with Crippen LogP contribution in [0.1, 0.15) is 16.7 Å². The Labute approximate surface area is 196 Å². The van der Waals surface area contributed by atoms with Gasteiger partial charge in [0, 0.05) is 10.0 Å². The zero-order chi connectivity index (χ0) is 22.8. The quantitative estimate of drug-likeness (QED) is 0.473. The third-order valence-corrected chi connectivity index (χ3v) is 5.67. The number of nitrogens with zero attached hydrogens (tertiary/aromatic N) is 1. The van der Waals surface area contributed by atoms with Gasteiger partial charge >= 0.3 is 0 Å². The van der Waals surface area contributed by atoms with Gasteiger partial charge in [-0.05, 0) is 48.4 Å². The fourth-order valence-electron chi connectivity index (χ4n) is 3.51. The Kier molecular flexibility index (Phi) is 6.21. The summed E-state index contributed by atoms with van der Waals surface area (Å²) in [4.78, 5) is 28.1. The average Bonchev–Trinajstić information content (AvgIpc) is 3.00. The maximum absolute atomic E-state index is 13.4. The van der Waals surface area contributed by atoms with Gasteiger partial charge in [0.05, 0.1) is 24.9 Å². The molecular weight excluding hydrogens is 447 g/mol. The van der Waals surface area contributed by atoms with Crippen molar-refractivity contribution in [2.45, 2.75) is 13.5 Å². The lowest BCUT2D eigenvalue weighted by Gasteiger charge is -2.16. The molecule has 0 radical (unpaired) electrons. The first-order valence-electron chi connectivity index (χ1n) is 9.90. The van der Waals surface area contributed by atoms with Gasteiger partial charge in [-0.1, -0.05) is 65.2 Å². The number of anilines is 1. The third-order valence-electron chi connectivity index (χ3n) is 5.18. The highest BCUT2D eigenvalue weighted by Gasteiger charge is 2.39. The molecule has 1 aliphatic heterocycles. The highest BCUT2D eigenvalue weighted by atomic mass is 35.5. The van der Waals surface area contributed by atoms with E-state index in [1.807, 2.05) is 31.2 Å². The van der Waals surface area contributed by atoms with Crippen LogP contribution in [0.15, 0.2) is 72.4 Å². The van der Waals surface area contributed by atoms with Crippen LogP contribution >= 0.6 is 23.2 Å². The molecule has 1 heterocycles. The van der Waals surface area contributed by atoms with E-state index in [4.69, 9.17) is 27.9 Å². The van der Waals surface area contributed by atoms with E-state index in [1.165, 1.54) is 12.0 Å². The van der Waals surface area contributed by atoms with E-state index in [9.17, 15) is 9.59 Å². The molecule has 0 saturated carbocycles. The van der Waals surface area contributed by atoms with Crippen molar-refractivity contribution < 1.29 is 14.3 Å². The molecule has 0 fully saturated rings. The molecular formula is C25H20Cl2N2O3.